The molecular weight excluding hydrogens is 477 g/mol. The Bertz CT molecular complexity index is 1390. The molecule has 3 N–H and O–H groups in total. The fraction of sp³-hybridized carbons (Fsp3) is 0.240. The predicted molar refractivity (Wildman–Crippen MR) is 122 cm³/mol. The number of aromatic nitrogens is 1. The van der Waals surface area contributed by atoms with Gasteiger partial charge < -0.3 is 25.4 Å². The van der Waals surface area contributed by atoms with Crippen LogP contribution in [-0.2, 0) is 17.4 Å². The van der Waals surface area contributed by atoms with E-state index in [1.807, 2.05) is 6.07 Å². The Morgan fingerprint density at radius 2 is 2.00 bits per heavy atom. The van der Waals surface area contributed by atoms with E-state index >= 15 is 0 Å². The third kappa shape index (κ3) is 4.06. The number of pyridine rings is 1. The molecule has 6 rings (SSSR count). The summed E-state index contributed by atoms with van der Waals surface area (Å²) >= 11 is 0. The zero-order valence-electron chi connectivity index (χ0n) is 18.6. The molecule has 11 heteroatoms. The maximum atomic E-state index is 12.9. The van der Waals surface area contributed by atoms with E-state index in [2.05, 4.69) is 20.9 Å². The molecule has 1 aromatic heterocycles. The van der Waals surface area contributed by atoms with Crippen molar-refractivity contribution < 1.29 is 32.2 Å². The van der Waals surface area contributed by atoms with Gasteiger partial charge in [-0.15, -0.1) is 0 Å². The molecule has 1 fully saturated rings. The number of ether oxygens (including phenoxy) is 2. The van der Waals surface area contributed by atoms with Crippen LogP contribution in [0.1, 0.15) is 29.0 Å². The molecule has 0 saturated heterocycles. The van der Waals surface area contributed by atoms with E-state index in [4.69, 9.17) is 9.47 Å². The minimum atomic E-state index is -4.50. The first kappa shape index (κ1) is 22.2. The number of carbonyl (C=O) groups excluding carboxylic acids is 2. The maximum absolute atomic E-state index is 12.9. The number of carbonyl (C=O) groups is 2. The number of anilines is 2. The van der Waals surface area contributed by atoms with Gasteiger partial charge in [-0.2, -0.15) is 13.2 Å². The highest BCUT2D eigenvalue weighted by molar-refractivity contribution is 5.93. The first-order valence-corrected chi connectivity index (χ1v) is 11.3. The summed E-state index contributed by atoms with van der Waals surface area (Å²) in [4.78, 5) is 28.3. The zero-order valence-corrected chi connectivity index (χ0v) is 18.6. The summed E-state index contributed by atoms with van der Waals surface area (Å²) in [6.45, 7) is 0. The average molecular weight is 496 g/mol. The molecule has 0 radical (unpaired) electrons. The molecule has 3 aliphatic rings. The van der Waals surface area contributed by atoms with Gasteiger partial charge in [0.25, 0.3) is 0 Å². The number of amides is 3. The van der Waals surface area contributed by atoms with Crippen molar-refractivity contribution in [2.24, 2.45) is 0 Å². The van der Waals surface area contributed by atoms with Crippen LogP contribution < -0.4 is 25.4 Å². The molecule has 1 saturated carbocycles. The number of nitrogens with one attached hydrogen (secondary N) is 3. The number of fused-ring (bicyclic) bond motifs is 4. The first-order chi connectivity index (χ1) is 17.3. The molecule has 3 atom stereocenters. The van der Waals surface area contributed by atoms with Crippen LogP contribution in [0.2, 0.25) is 0 Å². The number of halogens is 3. The van der Waals surface area contributed by atoms with Crippen LogP contribution in [-0.4, -0.2) is 29.1 Å². The monoisotopic (exact) mass is 496 g/mol. The van der Waals surface area contributed by atoms with Gasteiger partial charge in [0, 0.05) is 29.4 Å². The summed E-state index contributed by atoms with van der Waals surface area (Å²) < 4.78 is 50.8. The number of rotatable bonds is 4. The molecule has 2 aliphatic heterocycles. The second kappa shape index (κ2) is 8.14. The number of alkyl halides is 3. The minimum absolute atomic E-state index is 0.0435. The molecule has 8 nitrogen and oxygen atoms in total. The van der Waals surface area contributed by atoms with Crippen LogP contribution in [0.3, 0.4) is 0 Å². The summed E-state index contributed by atoms with van der Waals surface area (Å²) in [6.07, 6.45) is -2.31. The van der Waals surface area contributed by atoms with E-state index in [1.54, 1.807) is 24.4 Å². The normalized spacial score (nSPS) is 21.3. The van der Waals surface area contributed by atoms with Gasteiger partial charge >= 0.3 is 12.2 Å². The summed E-state index contributed by atoms with van der Waals surface area (Å²) in [5.74, 6) is 2.17. The molecule has 36 heavy (non-hydrogen) atoms. The molecule has 3 aromatic rings. The molecule has 184 valence electrons. The third-order valence-corrected chi connectivity index (χ3v) is 6.40. The summed E-state index contributed by atoms with van der Waals surface area (Å²) in [5, 5.41) is 7.96. The van der Waals surface area contributed by atoms with E-state index in [9.17, 15) is 22.8 Å². The summed E-state index contributed by atoms with van der Waals surface area (Å²) in [6, 6.07) is 10.7. The van der Waals surface area contributed by atoms with E-state index in [0.29, 0.717) is 35.9 Å². The van der Waals surface area contributed by atoms with Crippen LogP contribution in [0, 0.1) is 0 Å². The fourth-order valence-corrected chi connectivity index (χ4v) is 4.65. The number of hydrogen-bond acceptors (Lipinski definition) is 5. The highest BCUT2D eigenvalue weighted by atomic mass is 19.4. The maximum Gasteiger partial charge on any atom is 0.416 e. The van der Waals surface area contributed by atoms with E-state index < -0.39 is 17.8 Å². The Kier molecular flexibility index (Phi) is 5.02. The lowest BCUT2D eigenvalue weighted by molar-refractivity contribution is -0.137. The van der Waals surface area contributed by atoms with Gasteiger partial charge in [-0.3, -0.25) is 4.79 Å². The van der Waals surface area contributed by atoms with Crippen molar-refractivity contribution >= 4 is 23.4 Å². The standard InChI is InChI=1S/C25H19F3N4O4/c26-25(27,28)12-2-1-3-13(10-12)30-24(34)32-21-20-16-11-14(4-6-17(16)36-22(20)21)35-18-8-9-29-23-15(18)5-7-19(33)31-23/h1-4,6,8-11,20-22H,5,7H2,(H,29,31,33)(H2,30,32,34)/t20?,21-,22?/m1/s1. The zero-order chi connectivity index (χ0) is 25.0. The van der Waals surface area contributed by atoms with Crippen molar-refractivity contribution in [3.63, 3.8) is 0 Å². The van der Waals surface area contributed by atoms with Crippen LogP contribution >= 0.6 is 0 Å². The van der Waals surface area contributed by atoms with Gasteiger partial charge in [0.15, 0.2) is 0 Å². The van der Waals surface area contributed by atoms with Gasteiger partial charge in [-0.1, -0.05) is 6.07 Å². The fourth-order valence-electron chi connectivity index (χ4n) is 4.65. The van der Waals surface area contributed by atoms with Crippen molar-refractivity contribution in [3.8, 4) is 17.2 Å². The summed E-state index contributed by atoms with van der Waals surface area (Å²) in [5.41, 5.74) is 0.898. The van der Waals surface area contributed by atoms with Gasteiger partial charge in [0.2, 0.25) is 5.91 Å². The highest BCUT2D eigenvalue weighted by Crippen LogP contribution is 2.54. The Balaban J connectivity index is 1.13. The first-order valence-electron chi connectivity index (χ1n) is 11.3. The van der Waals surface area contributed by atoms with Crippen molar-refractivity contribution in [1.29, 1.82) is 0 Å². The van der Waals surface area contributed by atoms with Crippen molar-refractivity contribution in [1.82, 2.24) is 10.3 Å². The molecule has 2 aromatic carbocycles. The van der Waals surface area contributed by atoms with Crippen molar-refractivity contribution in [3.05, 3.63) is 71.4 Å². The van der Waals surface area contributed by atoms with Gasteiger partial charge in [-0.25, -0.2) is 9.78 Å². The van der Waals surface area contributed by atoms with Crippen LogP contribution in [0.4, 0.5) is 29.5 Å². The highest BCUT2D eigenvalue weighted by Gasteiger charge is 2.59. The summed E-state index contributed by atoms with van der Waals surface area (Å²) in [7, 11) is 0. The largest absolute Gasteiger partial charge is 0.487 e. The average Bonchev–Trinajstić information content (AvgIpc) is 3.34. The quantitative estimate of drug-likeness (QED) is 0.481. The topological polar surface area (TPSA) is 102 Å². The molecular formula is C25H19F3N4O4. The van der Waals surface area contributed by atoms with Crippen LogP contribution in [0.25, 0.3) is 0 Å². The molecule has 0 bridgehead atoms. The second-order valence-electron chi connectivity index (χ2n) is 8.80. The van der Waals surface area contributed by atoms with Gasteiger partial charge in [0.1, 0.15) is 29.2 Å². The van der Waals surface area contributed by atoms with Crippen LogP contribution in [0.15, 0.2) is 54.7 Å². The number of benzene rings is 2. The number of hydrogen-bond donors (Lipinski definition) is 3. The number of nitrogens with zero attached hydrogens (tertiary/aromatic N) is 1. The Morgan fingerprint density at radius 3 is 2.83 bits per heavy atom. The smallest absolute Gasteiger partial charge is 0.416 e. The van der Waals surface area contributed by atoms with Crippen molar-refractivity contribution in [2.45, 2.75) is 37.1 Å². The predicted octanol–water partition coefficient (Wildman–Crippen LogP) is 4.83. The Morgan fingerprint density at radius 1 is 1.14 bits per heavy atom. The number of urea groups is 1. The molecule has 3 amide bonds. The lowest BCUT2D eigenvalue weighted by Crippen LogP contribution is -2.34. The minimum Gasteiger partial charge on any atom is -0.487 e. The molecule has 2 unspecified atom stereocenters. The molecule has 0 spiro atoms. The SMILES string of the molecule is O=C1CCc2c(Oc3ccc4c(c3)C3C(O4)[C@@H]3NC(=O)Nc3cccc(C(F)(F)F)c3)ccnc2N1. The lowest BCUT2D eigenvalue weighted by Gasteiger charge is -2.19. The van der Waals surface area contributed by atoms with Crippen molar-refractivity contribution in [2.75, 3.05) is 10.6 Å². The third-order valence-electron chi connectivity index (χ3n) is 6.40. The second-order valence-corrected chi connectivity index (χ2v) is 8.80. The molecule has 3 heterocycles. The van der Waals surface area contributed by atoms with E-state index in [0.717, 1.165) is 23.3 Å². The van der Waals surface area contributed by atoms with Gasteiger partial charge in [-0.05, 0) is 48.9 Å². The molecule has 1 aliphatic carbocycles. The lowest BCUT2D eigenvalue weighted by atomic mass is 10.1. The Labute approximate surface area is 202 Å². The van der Waals surface area contributed by atoms with Crippen LogP contribution in [0.5, 0.6) is 17.2 Å². The van der Waals surface area contributed by atoms with E-state index in [-0.39, 0.29) is 29.7 Å². The van der Waals surface area contributed by atoms with Gasteiger partial charge in [0.05, 0.1) is 17.5 Å². The van der Waals surface area contributed by atoms with E-state index in [1.165, 1.54) is 12.1 Å². The Hall–Kier alpha value is -4.28.